The average Bonchev–Trinajstić information content (AvgIpc) is 3.07. The van der Waals surface area contributed by atoms with E-state index in [0.29, 0.717) is 22.0 Å². The minimum Gasteiger partial charge on any atom is -0.319 e. The largest absolute Gasteiger partial charge is 0.319 e. The van der Waals surface area contributed by atoms with Crippen molar-refractivity contribution >= 4 is 34.5 Å². The van der Waals surface area contributed by atoms with Gasteiger partial charge in [-0.05, 0) is 42.0 Å². The number of halogens is 1. The normalized spacial score (nSPS) is 10.7. The molecule has 1 N–H and O–H groups in total. The summed E-state index contributed by atoms with van der Waals surface area (Å²) >= 11 is 5.95. The Bertz CT molecular complexity index is 1150. The molecule has 2 aromatic carbocycles. The van der Waals surface area contributed by atoms with E-state index in [4.69, 9.17) is 11.6 Å². The second-order valence-electron chi connectivity index (χ2n) is 6.06. The van der Waals surface area contributed by atoms with Crippen LogP contribution >= 0.6 is 11.6 Å². The highest BCUT2D eigenvalue weighted by molar-refractivity contribution is 6.47. The number of hydrogen-bond donors (Lipinski definition) is 1. The maximum Gasteiger partial charge on any atom is 0.298 e. The third-order valence-corrected chi connectivity index (χ3v) is 4.50. The van der Waals surface area contributed by atoms with Crippen molar-refractivity contribution in [2.24, 2.45) is 0 Å². The number of hydrogen-bond acceptors (Lipinski definition) is 2. The molecule has 27 heavy (non-hydrogen) atoms. The third kappa shape index (κ3) is 3.35. The Kier molecular flexibility index (Phi) is 4.48. The number of anilines is 1. The van der Waals surface area contributed by atoms with E-state index in [1.165, 1.54) is 0 Å². The summed E-state index contributed by atoms with van der Waals surface area (Å²) in [4.78, 5) is 25.7. The van der Waals surface area contributed by atoms with Crippen LogP contribution in [0, 0.1) is 0 Å². The molecule has 0 radical (unpaired) electrons. The maximum absolute atomic E-state index is 13.0. The van der Waals surface area contributed by atoms with E-state index in [0.717, 1.165) is 11.1 Å². The number of benzene rings is 2. The summed E-state index contributed by atoms with van der Waals surface area (Å²) in [6.45, 7) is 0. The molecule has 2 aromatic heterocycles. The van der Waals surface area contributed by atoms with Gasteiger partial charge >= 0.3 is 0 Å². The van der Waals surface area contributed by atoms with Crippen LogP contribution in [0.4, 0.5) is 5.69 Å². The maximum atomic E-state index is 13.0. The lowest BCUT2D eigenvalue weighted by atomic mass is 10.0. The van der Waals surface area contributed by atoms with Gasteiger partial charge in [0.25, 0.3) is 11.7 Å². The first-order chi connectivity index (χ1) is 13.1. The fourth-order valence-corrected chi connectivity index (χ4v) is 3.24. The van der Waals surface area contributed by atoms with Gasteiger partial charge in [0.15, 0.2) is 0 Å². The molecule has 0 aliphatic rings. The summed E-state index contributed by atoms with van der Waals surface area (Å²) in [6, 6.07) is 23.8. The SMILES string of the molecule is O=C(Nc1cccc(Cl)c1)C(=O)c1c(-c2ccccc2)cc2ccccn12. The first-order valence-corrected chi connectivity index (χ1v) is 8.78. The van der Waals surface area contributed by atoms with Crippen LogP contribution in [0.2, 0.25) is 5.02 Å². The van der Waals surface area contributed by atoms with Crippen molar-refractivity contribution in [3.05, 3.63) is 95.8 Å². The summed E-state index contributed by atoms with van der Waals surface area (Å²) in [5.41, 5.74) is 3.24. The first-order valence-electron chi connectivity index (χ1n) is 8.40. The molecule has 0 atom stereocenters. The van der Waals surface area contributed by atoms with E-state index in [9.17, 15) is 9.59 Å². The molecule has 1 amide bonds. The molecule has 5 heteroatoms. The highest BCUT2D eigenvalue weighted by Gasteiger charge is 2.24. The second-order valence-corrected chi connectivity index (χ2v) is 6.50. The lowest BCUT2D eigenvalue weighted by molar-refractivity contribution is -0.112. The number of rotatable bonds is 4. The average molecular weight is 375 g/mol. The summed E-state index contributed by atoms with van der Waals surface area (Å²) in [5.74, 6) is -1.32. The highest BCUT2D eigenvalue weighted by atomic mass is 35.5. The molecule has 2 heterocycles. The molecule has 0 unspecified atom stereocenters. The van der Waals surface area contributed by atoms with Crippen LogP contribution in [0.5, 0.6) is 0 Å². The number of Topliss-reactive ketones (excluding diaryl/α,β-unsaturated/α-hetero) is 1. The summed E-state index contributed by atoms with van der Waals surface area (Å²) in [5, 5.41) is 3.11. The Morgan fingerprint density at radius 1 is 0.852 bits per heavy atom. The Balaban J connectivity index is 1.78. The van der Waals surface area contributed by atoms with E-state index in [-0.39, 0.29) is 0 Å². The van der Waals surface area contributed by atoms with Gasteiger partial charge in [0.2, 0.25) is 0 Å². The van der Waals surface area contributed by atoms with Crippen molar-refractivity contribution in [1.82, 2.24) is 4.40 Å². The number of carbonyl (C=O) groups excluding carboxylic acids is 2. The monoisotopic (exact) mass is 374 g/mol. The van der Waals surface area contributed by atoms with Crippen molar-refractivity contribution in [3.63, 3.8) is 0 Å². The molecule has 0 spiro atoms. The Morgan fingerprint density at radius 3 is 2.41 bits per heavy atom. The number of aromatic nitrogens is 1. The zero-order valence-corrected chi connectivity index (χ0v) is 15.0. The number of carbonyl (C=O) groups is 2. The molecule has 4 aromatic rings. The fraction of sp³-hybridized carbons (Fsp3) is 0. The molecule has 0 fully saturated rings. The molecular weight excluding hydrogens is 360 g/mol. The zero-order valence-electron chi connectivity index (χ0n) is 14.2. The number of ketones is 1. The van der Waals surface area contributed by atoms with Crippen LogP contribution in [-0.2, 0) is 4.79 Å². The molecule has 0 aliphatic carbocycles. The first kappa shape index (κ1) is 17.1. The van der Waals surface area contributed by atoms with Gasteiger partial charge < -0.3 is 9.72 Å². The van der Waals surface area contributed by atoms with Gasteiger partial charge in [0.1, 0.15) is 5.69 Å². The fourth-order valence-electron chi connectivity index (χ4n) is 3.05. The third-order valence-electron chi connectivity index (χ3n) is 4.27. The summed E-state index contributed by atoms with van der Waals surface area (Å²) in [6.07, 6.45) is 1.78. The van der Waals surface area contributed by atoms with Crippen LogP contribution in [-0.4, -0.2) is 16.1 Å². The lowest BCUT2D eigenvalue weighted by Crippen LogP contribution is -2.24. The van der Waals surface area contributed by atoms with Gasteiger partial charge in [0.05, 0.1) is 0 Å². The number of pyridine rings is 1. The second kappa shape index (κ2) is 7.09. The number of nitrogens with zero attached hydrogens (tertiary/aromatic N) is 1. The van der Waals surface area contributed by atoms with Crippen molar-refractivity contribution in [2.75, 3.05) is 5.32 Å². The van der Waals surface area contributed by atoms with E-state index < -0.39 is 11.7 Å². The minimum atomic E-state index is -0.710. The van der Waals surface area contributed by atoms with E-state index in [2.05, 4.69) is 5.32 Å². The molecule has 4 nitrogen and oxygen atoms in total. The number of fused-ring (bicyclic) bond motifs is 1. The van der Waals surface area contributed by atoms with E-state index in [1.54, 1.807) is 34.9 Å². The van der Waals surface area contributed by atoms with Gasteiger partial charge in [-0.2, -0.15) is 0 Å². The van der Waals surface area contributed by atoms with Crippen LogP contribution in [0.3, 0.4) is 0 Å². The number of amides is 1. The molecule has 0 saturated carbocycles. The molecular formula is C22H15ClN2O2. The van der Waals surface area contributed by atoms with Gasteiger partial charge in [-0.1, -0.05) is 54.1 Å². The van der Waals surface area contributed by atoms with Crippen LogP contribution in [0.25, 0.3) is 16.6 Å². The Morgan fingerprint density at radius 2 is 1.63 bits per heavy atom. The minimum absolute atomic E-state index is 0.330. The standard InChI is InChI=1S/C22H15ClN2O2/c23-16-9-6-10-17(13-16)24-22(27)21(26)20-19(15-7-2-1-3-8-15)14-18-11-4-5-12-25(18)20/h1-14H,(H,24,27). The van der Waals surface area contributed by atoms with E-state index in [1.807, 2.05) is 54.6 Å². The zero-order chi connectivity index (χ0) is 18.8. The van der Waals surface area contributed by atoms with Crippen molar-refractivity contribution < 1.29 is 9.59 Å². The number of nitrogens with one attached hydrogen (secondary N) is 1. The lowest BCUT2D eigenvalue weighted by Gasteiger charge is -2.08. The smallest absolute Gasteiger partial charge is 0.298 e. The van der Waals surface area contributed by atoms with E-state index >= 15 is 0 Å². The summed E-state index contributed by atoms with van der Waals surface area (Å²) < 4.78 is 1.74. The molecule has 0 bridgehead atoms. The summed E-state index contributed by atoms with van der Waals surface area (Å²) in [7, 11) is 0. The van der Waals surface area contributed by atoms with Crippen molar-refractivity contribution in [1.29, 1.82) is 0 Å². The van der Waals surface area contributed by atoms with Crippen LogP contribution in [0.1, 0.15) is 10.5 Å². The Hall–Kier alpha value is -3.37. The van der Waals surface area contributed by atoms with Gasteiger partial charge in [-0.15, -0.1) is 0 Å². The van der Waals surface area contributed by atoms with Crippen molar-refractivity contribution in [2.45, 2.75) is 0 Å². The van der Waals surface area contributed by atoms with Crippen LogP contribution in [0.15, 0.2) is 85.1 Å². The molecule has 132 valence electrons. The van der Waals surface area contributed by atoms with Crippen molar-refractivity contribution in [3.8, 4) is 11.1 Å². The van der Waals surface area contributed by atoms with Crippen LogP contribution < -0.4 is 5.32 Å². The van der Waals surface area contributed by atoms with Gasteiger partial charge in [-0.25, -0.2) is 0 Å². The Labute approximate surface area is 161 Å². The van der Waals surface area contributed by atoms with Gasteiger partial charge in [0, 0.05) is 28.0 Å². The van der Waals surface area contributed by atoms with Gasteiger partial charge in [-0.3, -0.25) is 9.59 Å². The quantitative estimate of drug-likeness (QED) is 0.400. The molecule has 0 saturated heterocycles. The molecule has 4 rings (SSSR count). The molecule has 0 aliphatic heterocycles. The highest BCUT2D eigenvalue weighted by Crippen LogP contribution is 2.28. The predicted octanol–water partition coefficient (Wildman–Crippen LogP) is 5.08. The topological polar surface area (TPSA) is 50.6 Å². The predicted molar refractivity (Wildman–Crippen MR) is 107 cm³/mol.